The fourth-order valence-electron chi connectivity index (χ4n) is 3.76. The quantitative estimate of drug-likeness (QED) is 0.882. The van der Waals surface area contributed by atoms with Crippen molar-refractivity contribution in [3.8, 4) is 0 Å². The number of aromatic nitrogens is 2. The fraction of sp³-hybridized carbons (Fsp3) is 0.833. The lowest BCUT2D eigenvalue weighted by Gasteiger charge is -2.41. The van der Waals surface area contributed by atoms with Gasteiger partial charge in [-0.3, -0.25) is 4.68 Å². The van der Waals surface area contributed by atoms with Gasteiger partial charge in [-0.15, -0.1) is 0 Å². The van der Waals surface area contributed by atoms with E-state index in [0.29, 0.717) is 17.9 Å². The maximum Gasteiger partial charge on any atom is 0.0630 e. The molecule has 3 heteroatoms. The van der Waals surface area contributed by atoms with Crippen molar-refractivity contribution < 1.29 is 5.11 Å². The van der Waals surface area contributed by atoms with Crippen molar-refractivity contribution in [3.05, 3.63) is 18.0 Å². The van der Waals surface area contributed by atoms with E-state index >= 15 is 0 Å². The summed E-state index contributed by atoms with van der Waals surface area (Å²) in [5, 5.41) is 15.2. The second-order valence-electron chi connectivity index (χ2n) is 7.80. The molecule has 0 radical (unpaired) electrons. The minimum absolute atomic E-state index is 0.105. The third-order valence-electron chi connectivity index (χ3n) is 5.43. The lowest BCUT2D eigenvalue weighted by atomic mass is 9.66. The Balaban J connectivity index is 2.04. The van der Waals surface area contributed by atoms with E-state index in [1.807, 2.05) is 0 Å². The molecule has 120 valence electrons. The summed E-state index contributed by atoms with van der Waals surface area (Å²) < 4.78 is 2.07. The molecule has 0 saturated heterocycles. The number of aliphatic hydroxyl groups excluding tert-OH is 1. The van der Waals surface area contributed by atoms with E-state index in [1.54, 1.807) is 0 Å². The van der Waals surface area contributed by atoms with Crippen LogP contribution >= 0.6 is 0 Å². The van der Waals surface area contributed by atoms with Crippen molar-refractivity contribution in [1.29, 1.82) is 0 Å². The van der Waals surface area contributed by atoms with E-state index in [1.165, 1.54) is 6.42 Å². The molecule has 0 spiro atoms. The molecule has 1 fully saturated rings. The van der Waals surface area contributed by atoms with Gasteiger partial charge in [-0.1, -0.05) is 34.1 Å². The molecule has 0 aromatic carbocycles. The molecule has 1 aromatic heterocycles. The maximum atomic E-state index is 10.5. The normalized spacial score (nSPS) is 28.6. The van der Waals surface area contributed by atoms with Crippen LogP contribution in [0.2, 0.25) is 0 Å². The van der Waals surface area contributed by atoms with Gasteiger partial charge >= 0.3 is 0 Å². The fourth-order valence-corrected chi connectivity index (χ4v) is 3.76. The van der Waals surface area contributed by atoms with Gasteiger partial charge in [0.1, 0.15) is 0 Å². The number of hydrogen-bond donors (Lipinski definition) is 1. The van der Waals surface area contributed by atoms with Gasteiger partial charge in [-0.05, 0) is 55.9 Å². The molecule has 4 unspecified atom stereocenters. The number of nitrogens with zero attached hydrogens (tertiary/aromatic N) is 2. The van der Waals surface area contributed by atoms with Crippen LogP contribution in [-0.4, -0.2) is 21.0 Å². The molecule has 4 atom stereocenters. The zero-order valence-electron chi connectivity index (χ0n) is 14.3. The van der Waals surface area contributed by atoms with E-state index in [4.69, 9.17) is 5.10 Å². The van der Waals surface area contributed by atoms with Crippen LogP contribution in [0.3, 0.4) is 0 Å². The standard InChI is InChI=1S/C18H32N2O/c1-6-14(3)20-10-9-15(19-20)12-18(4,5)16-8-7-13(2)11-17(16)21/h9-10,13-14,16-17,21H,6-8,11-12H2,1-5H3. The third-order valence-corrected chi connectivity index (χ3v) is 5.43. The molecular formula is C18H32N2O. The molecular weight excluding hydrogens is 260 g/mol. The van der Waals surface area contributed by atoms with Gasteiger partial charge in [-0.25, -0.2) is 0 Å². The zero-order chi connectivity index (χ0) is 15.6. The number of rotatable bonds is 5. The first kappa shape index (κ1) is 16.5. The second-order valence-corrected chi connectivity index (χ2v) is 7.80. The van der Waals surface area contributed by atoms with Crippen molar-refractivity contribution in [2.45, 2.75) is 78.9 Å². The summed E-state index contributed by atoms with van der Waals surface area (Å²) in [5.41, 5.74) is 1.26. The van der Waals surface area contributed by atoms with E-state index in [9.17, 15) is 5.11 Å². The van der Waals surface area contributed by atoms with Crippen LogP contribution in [0.15, 0.2) is 12.3 Å². The molecule has 1 aliphatic rings. The highest BCUT2D eigenvalue weighted by Gasteiger charge is 2.38. The molecule has 1 aliphatic carbocycles. The minimum atomic E-state index is -0.152. The predicted molar refractivity (Wildman–Crippen MR) is 87.2 cm³/mol. The average molecular weight is 292 g/mol. The van der Waals surface area contributed by atoms with Gasteiger partial charge in [0, 0.05) is 12.2 Å². The highest BCUT2D eigenvalue weighted by atomic mass is 16.3. The lowest BCUT2D eigenvalue weighted by molar-refractivity contribution is -0.0129. The first-order chi connectivity index (χ1) is 9.83. The Labute approximate surface area is 129 Å². The SMILES string of the molecule is CCC(C)n1ccc(CC(C)(C)C2CCC(C)CC2O)n1. The molecule has 0 aliphatic heterocycles. The monoisotopic (exact) mass is 292 g/mol. The van der Waals surface area contributed by atoms with Gasteiger partial charge in [0.25, 0.3) is 0 Å². The van der Waals surface area contributed by atoms with E-state index in [0.717, 1.165) is 31.4 Å². The van der Waals surface area contributed by atoms with Crippen LogP contribution < -0.4 is 0 Å². The van der Waals surface area contributed by atoms with Crippen molar-refractivity contribution >= 4 is 0 Å². The maximum absolute atomic E-state index is 10.5. The summed E-state index contributed by atoms with van der Waals surface area (Å²) in [6.07, 6.45) is 7.33. The largest absolute Gasteiger partial charge is 0.393 e. The van der Waals surface area contributed by atoms with Crippen LogP contribution in [0.4, 0.5) is 0 Å². The Morgan fingerprint density at radius 2 is 2.14 bits per heavy atom. The van der Waals surface area contributed by atoms with Gasteiger partial charge in [0.2, 0.25) is 0 Å². The zero-order valence-corrected chi connectivity index (χ0v) is 14.3. The minimum Gasteiger partial charge on any atom is -0.393 e. The van der Waals surface area contributed by atoms with E-state index in [-0.39, 0.29) is 11.5 Å². The van der Waals surface area contributed by atoms with Crippen LogP contribution in [0, 0.1) is 17.3 Å². The summed E-state index contributed by atoms with van der Waals surface area (Å²) in [6, 6.07) is 2.61. The third kappa shape index (κ3) is 3.88. The Hall–Kier alpha value is -0.830. The summed E-state index contributed by atoms with van der Waals surface area (Å²) in [4.78, 5) is 0. The van der Waals surface area contributed by atoms with Crippen LogP contribution in [0.25, 0.3) is 0 Å². The average Bonchev–Trinajstić information content (AvgIpc) is 2.85. The lowest BCUT2D eigenvalue weighted by Crippen LogP contribution is -2.39. The Bertz CT molecular complexity index is 452. The van der Waals surface area contributed by atoms with Crippen LogP contribution in [0.1, 0.15) is 72.0 Å². The summed E-state index contributed by atoms with van der Waals surface area (Å²) in [7, 11) is 0. The second kappa shape index (κ2) is 6.51. The molecule has 3 nitrogen and oxygen atoms in total. The Morgan fingerprint density at radius 1 is 1.43 bits per heavy atom. The van der Waals surface area contributed by atoms with Crippen molar-refractivity contribution in [2.24, 2.45) is 17.3 Å². The number of hydrogen-bond acceptors (Lipinski definition) is 2. The Morgan fingerprint density at radius 3 is 2.76 bits per heavy atom. The molecule has 1 saturated carbocycles. The van der Waals surface area contributed by atoms with Gasteiger partial charge in [0.15, 0.2) is 0 Å². The van der Waals surface area contributed by atoms with Gasteiger partial charge in [0.05, 0.1) is 11.8 Å². The van der Waals surface area contributed by atoms with Crippen LogP contribution in [-0.2, 0) is 6.42 Å². The smallest absolute Gasteiger partial charge is 0.0630 e. The first-order valence-electron chi connectivity index (χ1n) is 8.55. The summed E-state index contributed by atoms with van der Waals surface area (Å²) >= 11 is 0. The predicted octanol–water partition coefficient (Wildman–Crippen LogP) is 4.22. The van der Waals surface area contributed by atoms with E-state index < -0.39 is 0 Å². The van der Waals surface area contributed by atoms with Crippen molar-refractivity contribution in [3.63, 3.8) is 0 Å². The van der Waals surface area contributed by atoms with Crippen molar-refractivity contribution in [2.75, 3.05) is 0 Å². The van der Waals surface area contributed by atoms with E-state index in [2.05, 4.69) is 51.6 Å². The Kier molecular flexibility index (Phi) is 5.13. The molecule has 1 heterocycles. The highest BCUT2D eigenvalue weighted by Crippen LogP contribution is 2.42. The summed E-state index contributed by atoms with van der Waals surface area (Å²) in [6.45, 7) is 11.2. The molecule has 2 rings (SSSR count). The summed E-state index contributed by atoms with van der Waals surface area (Å²) in [5.74, 6) is 1.05. The first-order valence-corrected chi connectivity index (χ1v) is 8.55. The molecule has 1 N–H and O–H groups in total. The molecule has 0 amide bonds. The van der Waals surface area contributed by atoms with Gasteiger partial charge < -0.3 is 5.11 Å². The molecule has 21 heavy (non-hydrogen) atoms. The van der Waals surface area contributed by atoms with Gasteiger partial charge in [-0.2, -0.15) is 5.10 Å². The molecule has 0 bridgehead atoms. The van der Waals surface area contributed by atoms with Crippen LogP contribution in [0.5, 0.6) is 0 Å². The topological polar surface area (TPSA) is 38.0 Å². The molecule has 1 aromatic rings. The van der Waals surface area contributed by atoms with Crippen molar-refractivity contribution in [1.82, 2.24) is 9.78 Å². The number of aliphatic hydroxyl groups is 1. The highest BCUT2D eigenvalue weighted by molar-refractivity contribution is 5.05.